The number of benzene rings is 2. The van der Waals surface area contributed by atoms with Gasteiger partial charge >= 0.3 is 0 Å². The van der Waals surface area contributed by atoms with Crippen LogP contribution >= 0.6 is 0 Å². The van der Waals surface area contributed by atoms with Gasteiger partial charge < -0.3 is 5.73 Å². The lowest BCUT2D eigenvalue weighted by Crippen LogP contribution is -2.09. The molecule has 0 aromatic heterocycles. The third-order valence-electron chi connectivity index (χ3n) is 2.88. The van der Waals surface area contributed by atoms with E-state index in [1.165, 1.54) is 0 Å². The van der Waals surface area contributed by atoms with E-state index in [2.05, 4.69) is 0 Å². The first-order valence-electron chi connectivity index (χ1n) is 5.51. The number of anilines is 1. The van der Waals surface area contributed by atoms with Crippen molar-refractivity contribution in [3.8, 4) is 0 Å². The molecule has 0 heterocycles. The van der Waals surface area contributed by atoms with Crippen LogP contribution < -0.4 is 5.73 Å². The van der Waals surface area contributed by atoms with Crippen molar-refractivity contribution in [2.45, 2.75) is 14.7 Å². The maximum atomic E-state index is 11.4. The molecule has 0 fully saturated rings. The quantitative estimate of drug-likeness (QED) is 0.419. The van der Waals surface area contributed by atoms with Gasteiger partial charge in [-0.3, -0.25) is 13.7 Å². The first-order chi connectivity index (χ1) is 10.2. The van der Waals surface area contributed by atoms with Crippen LogP contribution in [0.15, 0.2) is 39.0 Å². The Morgan fingerprint density at radius 2 is 1.30 bits per heavy atom. The summed E-state index contributed by atoms with van der Waals surface area (Å²) in [6.07, 6.45) is 0. The van der Waals surface area contributed by atoms with E-state index in [4.69, 9.17) is 10.3 Å². The zero-order chi connectivity index (χ0) is 17.8. The molecule has 0 radical (unpaired) electrons. The Morgan fingerprint density at radius 3 is 1.74 bits per heavy atom. The average Bonchev–Trinajstić information content (AvgIpc) is 2.33. The van der Waals surface area contributed by atoms with Crippen molar-refractivity contribution in [3.05, 3.63) is 24.3 Å². The van der Waals surface area contributed by atoms with E-state index in [1.54, 1.807) is 0 Å². The Hall–Kier alpha value is -1.77. The minimum atomic E-state index is -4.91. The predicted octanol–water partition coefficient (Wildman–Crippen LogP) is 0.162. The zero-order valence-electron chi connectivity index (χ0n) is 10.9. The number of nitrogens with two attached hydrogens (primary N) is 1. The standard InChI is InChI=1S/C10H9NO9S3/c11-8-4-9(22(15,16)17)7-3-5(21(12,13)14)1-2-6(7)10(8)23(18,19)20/h1-4H,11H2,(H,12,13,14)(H,15,16,17)(H,18,19,20). The molecule has 0 atom stereocenters. The summed E-state index contributed by atoms with van der Waals surface area (Å²) in [6, 6.07) is 2.78. The zero-order valence-corrected chi connectivity index (χ0v) is 13.4. The number of hydrogen-bond acceptors (Lipinski definition) is 7. The fourth-order valence-corrected chi connectivity index (χ4v) is 4.07. The molecule has 126 valence electrons. The highest BCUT2D eigenvalue weighted by Crippen LogP contribution is 2.35. The van der Waals surface area contributed by atoms with Gasteiger partial charge in [0.2, 0.25) is 0 Å². The van der Waals surface area contributed by atoms with Crippen molar-refractivity contribution < 1.29 is 38.9 Å². The Balaban J connectivity index is 3.17. The highest BCUT2D eigenvalue weighted by molar-refractivity contribution is 7.87. The van der Waals surface area contributed by atoms with Crippen molar-refractivity contribution in [2.75, 3.05) is 5.73 Å². The summed E-state index contributed by atoms with van der Waals surface area (Å²) >= 11 is 0. The Labute approximate surface area is 130 Å². The lowest BCUT2D eigenvalue weighted by molar-refractivity contribution is 0.480. The fraction of sp³-hybridized carbons (Fsp3) is 0. The maximum absolute atomic E-state index is 11.4. The van der Waals surface area contributed by atoms with Crippen molar-refractivity contribution >= 4 is 46.8 Å². The summed E-state index contributed by atoms with van der Waals surface area (Å²) in [5.41, 5.74) is 4.74. The lowest BCUT2D eigenvalue weighted by atomic mass is 10.1. The molecule has 0 amide bonds. The molecule has 0 saturated heterocycles. The van der Waals surface area contributed by atoms with Crippen molar-refractivity contribution in [1.29, 1.82) is 0 Å². The number of nitrogen functional groups attached to an aromatic ring is 1. The summed E-state index contributed by atoms with van der Waals surface area (Å²) in [6.45, 7) is 0. The SMILES string of the molecule is Nc1cc(S(=O)(=O)O)c2cc(S(=O)(=O)O)ccc2c1S(=O)(=O)O. The van der Waals surface area contributed by atoms with Crippen LogP contribution in [0.2, 0.25) is 0 Å². The highest BCUT2D eigenvalue weighted by Gasteiger charge is 2.25. The Morgan fingerprint density at radius 1 is 0.739 bits per heavy atom. The second-order valence-electron chi connectivity index (χ2n) is 4.43. The first-order valence-corrected chi connectivity index (χ1v) is 9.83. The molecule has 0 aliphatic carbocycles. The molecular weight excluding hydrogens is 374 g/mol. The van der Waals surface area contributed by atoms with Crippen LogP contribution in [0.1, 0.15) is 0 Å². The van der Waals surface area contributed by atoms with Gasteiger partial charge in [0, 0.05) is 10.8 Å². The first kappa shape index (κ1) is 17.6. The molecule has 2 aromatic carbocycles. The van der Waals surface area contributed by atoms with E-state index < -0.39 is 61.5 Å². The van der Waals surface area contributed by atoms with Gasteiger partial charge in [-0.2, -0.15) is 25.3 Å². The molecule has 0 bridgehead atoms. The van der Waals surface area contributed by atoms with Crippen molar-refractivity contribution in [1.82, 2.24) is 0 Å². The summed E-state index contributed by atoms with van der Waals surface area (Å²) < 4.78 is 95.3. The van der Waals surface area contributed by atoms with Crippen LogP contribution in [0, 0.1) is 0 Å². The van der Waals surface area contributed by atoms with E-state index in [0.29, 0.717) is 12.1 Å². The van der Waals surface area contributed by atoms with Gasteiger partial charge in [0.1, 0.15) is 9.79 Å². The molecule has 2 rings (SSSR count). The van der Waals surface area contributed by atoms with Gasteiger partial charge in [-0.25, -0.2) is 0 Å². The minimum Gasteiger partial charge on any atom is -0.398 e. The molecule has 10 nitrogen and oxygen atoms in total. The van der Waals surface area contributed by atoms with Crippen LogP contribution in [0.4, 0.5) is 5.69 Å². The van der Waals surface area contributed by atoms with E-state index >= 15 is 0 Å². The molecule has 23 heavy (non-hydrogen) atoms. The molecule has 0 unspecified atom stereocenters. The monoisotopic (exact) mass is 383 g/mol. The van der Waals surface area contributed by atoms with Gasteiger partial charge in [0.15, 0.2) is 0 Å². The smallest absolute Gasteiger partial charge is 0.297 e. The second kappa shape index (κ2) is 5.12. The second-order valence-corrected chi connectivity index (χ2v) is 8.60. The number of hydrogen-bond donors (Lipinski definition) is 4. The third-order valence-corrected chi connectivity index (χ3v) is 5.60. The predicted molar refractivity (Wildman–Crippen MR) is 77.8 cm³/mol. The normalized spacial score (nSPS) is 13.3. The Bertz CT molecular complexity index is 1130. The van der Waals surface area contributed by atoms with Gasteiger partial charge in [0.25, 0.3) is 30.4 Å². The summed E-state index contributed by atoms with van der Waals surface area (Å²) in [5.74, 6) is 0. The van der Waals surface area contributed by atoms with Crippen LogP contribution in [-0.4, -0.2) is 38.9 Å². The molecule has 0 aliphatic heterocycles. The molecule has 5 N–H and O–H groups in total. The van der Waals surface area contributed by atoms with Crippen LogP contribution in [-0.2, 0) is 30.4 Å². The summed E-state index contributed by atoms with van der Waals surface area (Å²) in [4.78, 5) is -2.49. The molecule has 13 heteroatoms. The number of rotatable bonds is 3. The van der Waals surface area contributed by atoms with Gasteiger partial charge in [0.05, 0.1) is 10.6 Å². The summed E-state index contributed by atoms with van der Waals surface area (Å²) in [7, 11) is -14.5. The maximum Gasteiger partial charge on any atom is 0.297 e. The molecule has 0 aliphatic rings. The van der Waals surface area contributed by atoms with Crippen LogP contribution in [0.5, 0.6) is 0 Å². The topological polar surface area (TPSA) is 189 Å². The highest BCUT2D eigenvalue weighted by atomic mass is 32.2. The van der Waals surface area contributed by atoms with Crippen LogP contribution in [0.25, 0.3) is 10.8 Å². The average molecular weight is 383 g/mol. The van der Waals surface area contributed by atoms with E-state index in [0.717, 1.165) is 12.1 Å². The van der Waals surface area contributed by atoms with E-state index in [1.807, 2.05) is 0 Å². The fourth-order valence-electron chi connectivity index (χ4n) is 2.03. The number of fused-ring (bicyclic) bond motifs is 1. The molecule has 0 saturated carbocycles. The molecule has 2 aromatic rings. The summed E-state index contributed by atoms with van der Waals surface area (Å²) in [5, 5.41) is -1.02. The van der Waals surface area contributed by atoms with E-state index in [9.17, 15) is 34.4 Å². The van der Waals surface area contributed by atoms with E-state index in [-0.39, 0.29) is 0 Å². The third kappa shape index (κ3) is 3.29. The largest absolute Gasteiger partial charge is 0.398 e. The van der Waals surface area contributed by atoms with Gasteiger partial charge in [-0.1, -0.05) is 6.07 Å². The van der Waals surface area contributed by atoms with Gasteiger partial charge in [-0.05, 0) is 18.2 Å². The lowest BCUT2D eigenvalue weighted by Gasteiger charge is -2.11. The van der Waals surface area contributed by atoms with Gasteiger partial charge in [-0.15, -0.1) is 0 Å². The van der Waals surface area contributed by atoms with Crippen LogP contribution in [0.3, 0.4) is 0 Å². The van der Waals surface area contributed by atoms with Crippen molar-refractivity contribution in [2.24, 2.45) is 0 Å². The Kier molecular flexibility index (Phi) is 3.91. The minimum absolute atomic E-state index is 0.451. The molecular formula is C10H9NO9S3. The van der Waals surface area contributed by atoms with Crippen molar-refractivity contribution in [3.63, 3.8) is 0 Å². The molecule has 0 spiro atoms.